The molecule has 0 spiro atoms. The smallest absolute Gasteiger partial charge is 0.326 e. The predicted octanol–water partition coefficient (Wildman–Crippen LogP) is 5.05. The van der Waals surface area contributed by atoms with Crippen molar-refractivity contribution in [1.82, 2.24) is 15.0 Å². The van der Waals surface area contributed by atoms with Crippen LogP contribution in [0.2, 0.25) is 0 Å². The molecule has 1 amide bonds. The Bertz CT molecular complexity index is 1650. The Morgan fingerprint density at radius 1 is 1.05 bits per heavy atom. The molecule has 0 radical (unpaired) electrons. The number of amides is 1. The molecular formula is C29H25N5O4. The van der Waals surface area contributed by atoms with Crippen LogP contribution < -0.4 is 10.2 Å². The molecule has 0 bridgehead atoms. The van der Waals surface area contributed by atoms with E-state index in [1.54, 1.807) is 24.2 Å². The van der Waals surface area contributed by atoms with Gasteiger partial charge in [-0.25, -0.2) is 14.8 Å². The number of hydrogen-bond donors (Lipinski definition) is 2. The number of hydrogen-bond acceptors (Lipinski definition) is 7. The molecule has 2 aromatic carbocycles. The SMILES string of the molecule is Cc1nc(N2C[C@@H](CC(=O)Nc3ccc(-c4cccnc4)cc3)C[C@H]2C(=O)O)c2oc3ccccc3c2n1. The summed E-state index contributed by atoms with van der Waals surface area (Å²) in [6, 6.07) is 18.2. The molecule has 0 saturated carbocycles. The van der Waals surface area contributed by atoms with Crippen LogP contribution in [0.1, 0.15) is 18.7 Å². The van der Waals surface area contributed by atoms with Crippen molar-refractivity contribution in [3.63, 3.8) is 0 Å². The van der Waals surface area contributed by atoms with Crippen LogP contribution >= 0.6 is 0 Å². The molecule has 5 aromatic rings. The number of furan rings is 1. The van der Waals surface area contributed by atoms with Crippen molar-refractivity contribution in [2.45, 2.75) is 25.8 Å². The number of carbonyl (C=O) groups is 2. The van der Waals surface area contributed by atoms with Gasteiger partial charge < -0.3 is 19.7 Å². The second-order valence-electron chi connectivity index (χ2n) is 9.55. The largest absolute Gasteiger partial charge is 0.480 e. The Balaban J connectivity index is 1.21. The number of nitrogens with one attached hydrogen (secondary N) is 1. The van der Waals surface area contributed by atoms with E-state index in [1.165, 1.54) is 0 Å². The van der Waals surface area contributed by atoms with Crippen molar-refractivity contribution < 1.29 is 19.1 Å². The Morgan fingerprint density at radius 3 is 2.63 bits per heavy atom. The number of carboxylic acids is 1. The average Bonchev–Trinajstić information content (AvgIpc) is 3.51. The van der Waals surface area contributed by atoms with Gasteiger partial charge in [-0.1, -0.05) is 30.3 Å². The number of pyridine rings is 1. The summed E-state index contributed by atoms with van der Waals surface area (Å²) >= 11 is 0. The summed E-state index contributed by atoms with van der Waals surface area (Å²) in [5, 5.41) is 13.8. The van der Waals surface area contributed by atoms with E-state index in [4.69, 9.17) is 4.42 Å². The first-order valence-electron chi connectivity index (χ1n) is 12.4. The van der Waals surface area contributed by atoms with Gasteiger partial charge in [-0.15, -0.1) is 0 Å². The van der Waals surface area contributed by atoms with Crippen LogP contribution in [-0.2, 0) is 9.59 Å². The molecule has 1 aliphatic heterocycles. The number of rotatable bonds is 6. The van der Waals surface area contributed by atoms with Crippen LogP contribution in [0, 0.1) is 12.8 Å². The summed E-state index contributed by atoms with van der Waals surface area (Å²) < 4.78 is 6.07. The zero-order chi connectivity index (χ0) is 26.2. The van der Waals surface area contributed by atoms with Crippen molar-refractivity contribution in [3.05, 3.63) is 78.9 Å². The summed E-state index contributed by atoms with van der Waals surface area (Å²) in [6.07, 6.45) is 4.03. The lowest BCUT2D eigenvalue weighted by Gasteiger charge is -2.22. The van der Waals surface area contributed by atoms with Gasteiger partial charge in [-0.05, 0) is 60.7 Å². The number of carbonyl (C=O) groups excluding carboxylic acids is 1. The monoisotopic (exact) mass is 507 g/mol. The lowest BCUT2D eigenvalue weighted by molar-refractivity contribution is -0.138. The molecule has 1 aliphatic rings. The minimum atomic E-state index is -0.959. The summed E-state index contributed by atoms with van der Waals surface area (Å²) in [5.41, 5.74) is 4.46. The number of para-hydroxylation sites is 1. The fraction of sp³-hybridized carbons (Fsp3) is 0.207. The molecule has 1 saturated heterocycles. The summed E-state index contributed by atoms with van der Waals surface area (Å²) in [4.78, 5) is 40.1. The molecular weight excluding hydrogens is 482 g/mol. The average molecular weight is 508 g/mol. The van der Waals surface area contributed by atoms with Crippen molar-refractivity contribution in [3.8, 4) is 11.1 Å². The van der Waals surface area contributed by atoms with Gasteiger partial charge in [0.15, 0.2) is 11.4 Å². The summed E-state index contributed by atoms with van der Waals surface area (Å²) in [5.74, 6) is -0.313. The Kier molecular flexibility index (Phi) is 5.95. The molecule has 1 fully saturated rings. The molecule has 2 N–H and O–H groups in total. The molecule has 9 nitrogen and oxygen atoms in total. The number of nitrogens with zero attached hydrogens (tertiary/aromatic N) is 4. The van der Waals surface area contributed by atoms with E-state index in [9.17, 15) is 14.7 Å². The van der Waals surface area contributed by atoms with Crippen LogP contribution in [0.3, 0.4) is 0 Å². The number of benzene rings is 2. The molecule has 2 atom stereocenters. The van der Waals surface area contributed by atoms with Crippen LogP contribution in [0.25, 0.3) is 33.2 Å². The first-order valence-corrected chi connectivity index (χ1v) is 12.4. The topological polar surface area (TPSA) is 121 Å². The highest BCUT2D eigenvalue weighted by Crippen LogP contribution is 2.37. The van der Waals surface area contributed by atoms with Crippen molar-refractivity contribution in [1.29, 1.82) is 0 Å². The molecule has 0 unspecified atom stereocenters. The third-order valence-corrected chi connectivity index (χ3v) is 6.90. The maximum absolute atomic E-state index is 12.9. The number of anilines is 2. The van der Waals surface area contributed by atoms with Gasteiger partial charge in [0.25, 0.3) is 0 Å². The minimum Gasteiger partial charge on any atom is -0.480 e. The highest BCUT2D eigenvalue weighted by Gasteiger charge is 2.40. The first kappa shape index (κ1) is 23.6. The van der Waals surface area contributed by atoms with Crippen molar-refractivity contribution >= 4 is 45.5 Å². The van der Waals surface area contributed by atoms with Crippen molar-refractivity contribution in [2.75, 3.05) is 16.8 Å². The quantitative estimate of drug-likeness (QED) is 0.327. The van der Waals surface area contributed by atoms with Gasteiger partial charge in [0.1, 0.15) is 23.0 Å². The highest BCUT2D eigenvalue weighted by atomic mass is 16.4. The Morgan fingerprint density at radius 2 is 1.87 bits per heavy atom. The number of aryl methyl sites for hydroxylation is 1. The molecule has 38 heavy (non-hydrogen) atoms. The molecule has 9 heteroatoms. The van der Waals surface area contributed by atoms with Gasteiger partial charge in [0.2, 0.25) is 5.91 Å². The maximum atomic E-state index is 12.9. The minimum absolute atomic E-state index is 0.164. The number of fused-ring (bicyclic) bond motifs is 3. The van der Waals surface area contributed by atoms with E-state index in [2.05, 4.69) is 20.3 Å². The molecule has 6 rings (SSSR count). The Labute approximate surface area is 218 Å². The highest BCUT2D eigenvalue weighted by molar-refractivity contribution is 6.06. The number of aromatic nitrogens is 3. The molecule has 190 valence electrons. The second-order valence-corrected chi connectivity index (χ2v) is 9.55. The maximum Gasteiger partial charge on any atom is 0.326 e. The van der Waals surface area contributed by atoms with E-state index in [0.717, 1.165) is 16.5 Å². The third-order valence-electron chi connectivity index (χ3n) is 6.90. The van der Waals surface area contributed by atoms with Crippen LogP contribution in [0.5, 0.6) is 0 Å². The van der Waals surface area contributed by atoms with Crippen molar-refractivity contribution in [2.24, 2.45) is 5.92 Å². The predicted molar refractivity (Wildman–Crippen MR) is 144 cm³/mol. The van der Waals surface area contributed by atoms with Gasteiger partial charge in [-0.2, -0.15) is 0 Å². The second kappa shape index (κ2) is 9.59. The van der Waals surface area contributed by atoms with Gasteiger partial charge in [0.05, 0.1) is 0 Å². The Hall–Kier alpha value is -4.79. The number of aliphatic carboxylic acids is 1. The van der Waals surface area contributed by atoms with Gasteiger partial charge >= 0.3 is 5.97 Å². The van der Waals surface area contributed by atoms with Gasteiger partial charge in [-0.3, -0.25) is 9.78 Å². The van der Waals surface area contributed by atoms with Crippen LogP contribution in [0.4, 0.5) is 11.5 Å². The lowest BCUT2D eigenvalue weighted by atomic mass is 10.0. The fourth-order valence-corrected chi connectivity index (χ4v) is 5.17. The van der Waals surface area contributed by atoms with E-state index in [-0.39, 0.29) is 18.2 Å². The normalized spacial score (nSPS) is 17.2. The van der Waals surface area contributed by atoms with E-state index < -0.39 is 12.0 Å². The zero-order valence-electron chi connectivity index (χ0n) is 20.7. The molecule has 4 heterocycles. The third kappa shape index (κ3) is 4.43. The van der Waals surface area contributed by atoms with Crippen LogP contribution in [0.15, 0.2) is 77.5 Å². The first-order chi connectivity index (χ1) is 18.5. The molecule has 0 aliphatic carbocycles. The fourth-order valence-electron chi connectivity index (χ4n) is 5.17. The lowest BCUT2D eigenvalue weighted by Crippen LogP contribution is -2.36. The summed E-state index contributed by atoms with van der Waals surface area (Å²) in [7, 11) is 0. The van der Waals surface area contributed by atoms with E-state index in [1.807, 2.05) is 60.7 Å². The zero-order valence-corrected chi connectivity index (χ0v) is 20.7. The standard InChI is InChI=1S/C29H25N5O4/c1-17-31-26-22-6-2-3-7-24(22)38-27(26)28(32-17)34-16-18(13-23(34)29(36)37)14-25(35)33-21-10-8-19(9-11-21)20-5-4-12-30-15-20/h2-12,15,18,23H,13-14,16H2,1H3,(H,33,35)(H,36,37)/t18-,23+/m1/s1. The van der Waals surface area contributed by atoms with E-state index >= 15 is 0 Å². The number of carboxylic acid groups (broad SMARTS) is 1. The van der Waals surface area contributed by atoms with E-state index in [0.29, 0.717) is 47.0 Å². The molecule has 3 aromatic heterocycles. The summed E-state index contributed by atoms with van der Waals surface area (Å²) in [6.45, 7) is 2.15. The van der Waals surface area contributed by atoms with Crippen LogP contribution in [-0.4, -0.2) is 44.5 Å². The van der Waals surface area contributed by atoms with Gasteiger partial charge in [0, 0.05) is 36.4 Å².